The van der Waals surface area contributed by atoms with Crippen LogP contribution < -0.4 is 5.32 Å². The molecule has 0 aromatic rings. The SMILES string of the molecule is CC/C=C\C/C=C\C/C=C\C/C=C\C/C=C\CCCCCCCCCCCC(=O)OC1C(OCC(NC(=O)C(O)CCCCCC\C=C/C=C/C=C/CC)C(O)/C=C/CCCCCCCCCCCCC)OC(CO)C(O)C1O. The van der Waals surface area contributed by atoms with Crippen molar-refractivity contribution in [3.8, 4) is 0 Å². The second-order valence-corrected chi connectivity index (χ2v) is 21.4. The van der Waals surface area contributed by atoms with Crippen LogP contribution in [0.3, 0.4) is 0 Å². The first kappa shape index (κ1) is 73.3. The number of carbonyl (C=O) groups excluding carboxylic acids is 2. The summed E-state index contributed by atoms with van der Waals surface area (Å²) in [6, 6.07) is -1.04. The van der Waals surface area contributed by atoms with E-state index in [-0.39, 0.29) is 19.4 Å². The number of nitrogens with one attached hydrogen (secondary N) is 1. The molecule has 8 atom stereocenters. The molecule has 0 radical (unpaired) electrons. The summed E-state index contributed by atoms with van der Waals surface area (Å²) in [6.45, 7) is 5.52. The number of allylic oxidation sites excluding steroid dienone is 17. The number of carbonyl (C=O) groups is 2. The minimum absolute atomic E-state index is 0.107. The maximum atomic E-state index is 13.4. The molecule has 0 aromatic carbocycles. The number of hydrogen-bond donors (Lipinski definition) is 6. The van der Waals surface area contributed by atoms with Gasteiger partial charge in [-0.25, -0.2) is 0 Å². The van der Waals surface area contributed by atoms with E-state index in [1.165, 1.54) is 83.5 Å². The lowest BCUT2D eigenvalue weighted by atomic mass is 9.99. The number of aliphatic hydroxyl groups excluding tert-OH is 5. The van der Waals surface area contributed by atoms with E-state index >= 15 is 0 Å². The van der Waals surface area contributed by atoms with Crippen molar-refractivity contribution in [3.05, 3.63) is 109 Å². The third kappa shape index (κ3) is 42.8. The van der Waals surface area contributed by atoms with Crippen molar-refractivity contribution in [2.75, 3.05) is 13.2 Å². The second-order valence-electron chi connectivity index (χ2n) is 21.4. The fourth-order valence-corrected chi connectivity index (χ4v) is 9.27. The van der Waals surface area contributed by atoms with E-state index < -0.39 is 67.4 Å². The lowest BCUT2D eigenvalue weighted by Gasteiger charge is -2.41. The van der Waals surface area contributed by atoms with E-state index in [0.29, 0.717) is 12.8 Å². The van der Waals surface area contributed by atoms with Crippen molar-refractivity contribution in [1.29, 1.82) is 0 Å². The molecule has 11 nitrogen and oxygen atoms in total. The number of amides is 1. The fraction of sp³-hybridized carbons (Fsp3) is 0.706. The van der Waals surface area contributed by atoms with E-state index in [1.54, 1.807) is 6.08 Å². The van der Waals surface area contributed by atoms with Gasteiger partial charge in [0, 0.05) is 6.42 Å². The summed E-state index contributed by atoms with van der Waals surface area (Å²) in [5, 5.41) is 56.9. The molecular formula is C68H115NO10. The van der Waals surface area contributed by atoms with Crippen LogP contribution in [0, 0.1) is 0 Å². The van der Waals surface area contributed by atoms with E-state index in [4.69, 9.17) is 14.2 Å². The van der Waals surface area contributed by atoms with Crippen molar-refractivity contribution < 1.29 is 49.3 Å². The van der Waals surface area contributed by atoms with Gasteiger partial charge in [-0.3, -0.25) is 9.59 Å². The average molecular weight is 1110 g/mol. The quantitative estimate of drug-likeness (QED) is 0.0149. The Hall–Kier alpha value is -3.68. The third-order valence-electron chi connectivity index (χ3n) is 14.2. The molecule has 0 saturated carbocycles. The van der Waals surface area contributed by atoms with Gasteiger partial charge in [-0.05, 0) is 89.9 Å². The zero-order chi connectivity index (χ0) is 57.5. The molecule has 1 fully saturated rings. The summed E-state index contributed by atoms with van der Waals surface area (Å²) < 4.78 is 17.6. The Balaban J connectivity index is 2.63. The molecule has 1 aliphatic heterocycles. The Labute approximate surface area is 481 Å². The standard InChI is InChI=1S/C68H115NO10/c1-4-7-10-13-16-19-22-25-26-27-28-29-30-31-32-33-34-35-36-38-41-44-47-50-53-56-63(73)79-66-65(75)64(74)62(57-70)78-68(66)77-58-59(60(71)54-51-48-45-42-40-37-23-20-17-14-11-8-5-2)69-67(76)61(72)55-52-49-46-43-39-24-21-18-15-12-9-6-3/h7,9-10,12,15-16,18-19,21,24-26,28-29,31-32,51,54,59-62,64-66,68,70-72,74-75H,4-6,8,11,13-14,17,20,22-23,27,30,33-50,52-53,55-58H2,1-3H3,(H,69,76)/b10-7-,12-9+,18-15+,19-16-,24-21-,26-25-,29-28-,32-31-,54-51+. The second kappa shape index (κ2) is 54.9. The highest BCUT2D eigenvalue weighted by Gasteiger charge is 2.47. The smallest absolute Gasteiger partial charge is 0.306 e. The van der Waals surface area contributed by atoms with Gasteiger partial charge >= 0.3 is 5.97 Å². The third-order valence-corrected chi connectivity index (χ3v) is 14.2. The van der Waals surface area contributed by atoms with Crippen molar-refractivity contribution in [3.63, 3.8) is 0 Å². The van der Waals surface area contributed by atoms with Crippen LogP contribution >= 0.6 is 0 Å². The number of ether oxygens (including phenoxy) is 3. The lowest BCUT2D eigenvalue weighted by molar-refractivity contribution is -0.305. The molecule has 0 spiro atoms. The van der Waals surface area contributed by atoms with E-state index in [1.807, 2.05) is 30.4 Å². The van der Waals surface area contributed by atoms with Gasteiger partial charge in [0.05, 0.1) is 25.4 Å². The molecule has 0 bridgehead atoms. The van der Waals surface area contributed by atoms with Crippen LogP contribution in [0.5, 0.6) is 0 Å². The molecule has 1 heterocycles. The molecule has 452 valence electrons. The van der Waals surface area contributed by atoms with E-state index in [9.17, 15) is 35.1 Å². The maximum absolute atomic E-state index is 13.4. The van der Waals surface area contributed by atoms with Crippen LogP contribution in [-0.2, 0) is 23.8 Å². The predicted molar refractivity (Wildman–Crippen MR) is 328 cm³/mol. The first-order valence-electron chi connectivity index (χ1n) is 31.7. The molecular weight excluding hydrogens is 991 g/mol. The zero-order valence-corrected chi connectivity index (χ0v) is 50.0. The molecule has 1 rings (SSSR count). The lowest BCUT2D eigenvalue weighted by Crippen LogP contribution is -2.61. The summed E-state index contributed by atoms with van der Waals surface area (Å²) >= 11 is 0. The predicted octanol–water partition coefficient (Wildman–Crippen LogP) is 15.3. The van der Waals surface area contributed by atoms with Crippen LogP contribution in [-0.4, -0.2) is 99.6 Å². The minimum atomic E-state index is -1.63. The highest BCUT2D eigenvalue weighted by Crippen LogP contribution is 2.26. The fourth-order valence-electron chi connectivity index (χ4n) is 9.27. The Morgan fingerprint density at radius 3 is 1.51 bits per heavy atom. The number of rotatable bonds is 52. The summed E-state index contributed by atoms with van der Waals surface area (Å²) in [6.07, 6.45) is 64.2. The van der Waals surface area contributed by atoms with Gasteiger partial charge in [0.15, 0.2) is 12.4 Å². The normalized spacial score (nSPS) is 19.6. The molecule has 0 aromatic heterocycles. The summed E-state index contributed by atoms with van der Waals surface area (Å²) in [4.78, 5) is 26.5. The van der Waals surface area contributed by atoms with Crippen LogP contribution in [0.25, 0.3) is 0 Å². The van der Waals surface area contributed by atoms with Gasteiger partial charge in [-0.1, -0.05) is 259 Å². The monoisotopic (exact) mass is 1110 g/mol. The van der Waals surface area contributed by atoms with Crippen LogP contribution in [0.4, 0.5) is 0 Å². The number of unbranched alkanes of at least 4 members (excludes halogenated alkanes) is 24. The van der Waals surface area contributed by atoms with Gasteiger partial charge in [0.2, 0.25) is 5.91 Å². The summed E-state index contributed by atoms with van der Waals surface area (Å²) in [5.74, 6) is -1.23. The number of hydrogen-bond acceptors (Lipinski definition) is 10. The van der Waals surface area contributed by atoms with Gasteiger partial charge in [0.25, 0.3) is 0 Å². The largest absolute Gasteiger partial charge is 0.454 e. The molecule has 1 aliphatic rings. The Bertz CT molecular complexity index is 1700. The minimum Gasteiger partial charge on any atom is -0.454 e. The molecule has 1 saturated heterocycles. The molecule has 8 unspecified atom stereocenters. The van der Waals surface area contributed by atoms with E-state index in [2.05, 4.69) is 99.0 Å². The highest BCUT2D eigenvalue weighted by atomic mass is 16.7. The van der Waals surface area contributed by atoms with Gasteiger partial charge in [-0.2, -0.15) is 0 Å². The molecule has 11 heteroatoms. The molecule has 79 heavy (non-hydrogen) atoms. The Morgan fingerprint density at radius 1 is 0.519 bits per heavy atom. The first-order valence-corrected chi connectivity index (χ1v) is 31.7. The van der Waals surface area contributed by atoms with Gasteiger partial charge in [-0.15, -0.1) is 0 Å². The van der Waals surface area contributed by atoms with E-state index in [0.717, 1.165) is 116 Å². The number of esters is 1. The van der Waals surface area contributed by atoms with Crippen molar-refractivity contribution >= 4 is 11.9 Å². The highest BCUT2D eigenvalue weighted by molar-refractivity contribution is 5.80. The van der Waals surface area contributed by atoms with Crippen LogP contribution in [0.2, 0.25) is 0 Å². The molecule has 1 amide bonds. The van der Waals surface area contributed by atoms with Gasteiger partial charge in [0.1, 0.15) is 24.4 Å². The first-order chi connectivity index (χ1) is 38.7. The summed E-state index contributed by atoms with van der Waals surface area (Å²) in [7, 11) is 0. The van der Waals surface area contributed by atoms with Gasteiger partial charge < -0.3 is 45.1 Å². The number of aliphatic hydroxyl groups is 5. The topological polar surface area (TPSA) is 175 Å². The maximum Gasteiger partial charge on any atom is 0.306 e. The average Bonchev–Trinajstić information content (AvgIpc) is 3.48. The van der Waals surface area contributed by atoms with Crippen molar-refractivity contribution in [2.24, 2.45) is 0 Å². The van der Waals surface area contributed by atoms with Crippen LogP contribution in [0.1, 0.15) is 245 Å². The van der Waals surface area contributed by atoms with Crippen molar-refractivity contribution in [2.45, 2.75) is 294 Å². The molecule has 0 aliphatic carbocycles. The Kier molecular flexibility index (Phi) is 50.9. The van der Waals surface area contributed by atoms with Crippen molar-refractivity contribution in [1.82, 2.24) is 5.32 Å². The molecule has 6 N–H and O–H groups in total. The van der Waals surface area contributed by atoms with Crippen LogP contribution in [0.15, 0.2) is 109 Å². The summed E-state index contributed by atoms with van der Waals surface area (Å²) in [5.41, 5.74) is 0. The Morgan fingerprint density at radius 2 is 0.975 bits per heavy atom. The zero-order valence-electron chi connectivity index (χ0n) is 50.0.